The zero-order chi connectivity index (χ0) is 15.9. The maximum Gasteiger partial charge on any atom is 0.225 e. The van der Waals surface area contributed by atoms with Crippen molar-refractivity contribution in [1.82, 2.24) is 14.9 Å². The number of nitrogens with one attached hydrogen (secondary N) is 1. The zero-order valence-electron chi connectivity index (χ0n) is 12.3. The van der Waals surface area contributed by atoms with Crippen LogP contribution in [0, 0.1) is 11.7 Å². The summed E-state index contributed by atoms with van der Waals surface area (Å²) in [5.74, 6) is -0.0455. The minimum Gasteiger partial charge on any atom is -0.391 e. The summed E-state index contributed by atoms with van der Waals surface area (Å²) in [4.78, 5) is 21.3. The van der Waals surface area contributed by atoms with Gasteiger partial charge < -0.3 is 20.7 Å². The number of nitrogens with two attached hydrogens (primary N) is 1. The Morgan fingerprint density at radius 1 is 1.55 bits per heavy atom. The van der Waals surface area contributed by atoms with Gasteiger partial charge in [0.1, 0.15) is 11.6 Å². The van der Waals surface area contributed by atoms with Crippen molar-refractivity contribution in [2.24, 2.45) is 11.7 Å². The Morgan fingerprint density at radius 2 is 2.32 bits per heavy atom. The van der Waals surface area contributed by atoms with Gasteiger partial charge in [-0.15, -0.1) is 0 Å². The van der Waals surface area contributed by atoms with Crippen LogP contribution in [0.3, 0.4) is 0 Å². The van der Waals surface area contributed by atoms with Gasteiger partial charge in [-0.05, 0) is 31.0 Å². The molecule has 2 aromatic rings. The number of rotatable bonds is 3. The van der Waals surface area contributed by atoms with Gasteiger partial charge in [0.25, 0.3) is 0 Å². The van der Waals surface area contributed by atoms with E-state index in [2.05, 4.69) is 9.97 Å². The van der Waals surface area contributed by atoms with E-state index in [9.17, 15) is 14.3 Å². The molecular weight excluding hydrogens is 287 g/mol. The number of nitrogens with zero attached hydrogens (tertiary/aromatic N) is 2. The second-order valence-corrected chi connectivity index (χ2v) is 5.94. The van der Waals surface area contributed by atoms with Gasteiger partial charge in [0.05, 0.1) is 23.7 Å². The van der Waals surface area contributed by atoms with Crippen LogP contribution in [0.4, 0.5) is 4.39 Å². The van der Waals surface area contributed by atoms with Gasteiger partial charge in [0, 0.05) is 19.0 Å². The molecule has 0 unspecified atom stereocenters. The average Bonchev–Trinajstić information content (AvgIpc) is 3.01. The fourth-order valence-electron chi connectivity index (χ4n) is 2.97. The van der Waals surface area contributed by atoms with Crippen molar-refractivity contribution >= 4 is 16.9 Å². The highest BCUT2D eigenvalue weighted by Crippen LogP contribution is 2.26. The summed E-state index contributed by atoms with van der Waals surface area (Å²) >= 11 is 0. The van der Waals surface area contributed by atoms with Gasteiger partial charge in [0.2, 0.25) is 5.91 Å². The van der Waals surface area contributed by atoms with Crippen molar-refractivity contribution in [3.63, 3.8) is 0 Å². The third-order valence-electron chi connectivity index (χ3n) is 4.18. The van der Waals surface area contributed by atoms with Crippen molar-refractivity contribution in [2.75, 3.05) is 7.05 Å². The summed E-state index contributed by atoms with van der Waals surface area (Å²) in [5.41, 5.74) is 7.02. The third-order valence-corrected chi connectivity index (χ3v) is 4.18. The van der Waals surface area contributed by atoms with Crippen LogP contribution >= 0.6 is 0 Å². The first kappa shape index (κ1) is 14.9. The molecule has 1 saturated carbocycles. The Bertz CT molecular complexity index is 692. The monoisotopic (exact) mass is 306 g/mol. The van der Waals surface area contributed by atoms with Crippen molar-refractivity contribution in [3.8, 4) is 0 Å². The molecule has 0 bridgehead atoms. The molecule has 0 aliphatic heterocycles. The summed E-state index contributed by atoms with van der Waals surface area (Å²) in [7, 11) is 1.69. The van der Waals surface area contributed by atoms with Crippen molar-refractivity contribution in [3.05, 3.63) is 29.8 Å². The molecule has 1 aromatic heterocycles. The van der Waals surface area contributed by atoms with Gasteiger partial charge in [-0.1, -0.05) is 0 Å². The number of aliphatic hydroxyl groups excluding tert-OH is 1. The minimum absolute atomic E-state index is 0.0568. The molecule has 1 amide bonds. The highest BCUT2D eigenvalue weighted by molar-refractivity contribution is 5.79. The maximum absolute atomic E-state index is 13.2. The molecule has 6 nitrogen and oxygen atoms in total. The number of aromatic amines is 1. The molecule has 7 heteroatoms. The van der Waals surface area contributed by atoms with Gasteiger partial charge in [-0.3, -0.25) is 4.79 Å². The molecule has 0 spiro atoms. The molecular formula is C15H19FN4O2. The van der Waals surface area contributed by atoms with Crippen LogP contribution in [0.1, 0.15) is 18.7 Å². The SMILES string of the molecule is CN(Cc1nc2ccc(F)cc2[nH]1)C(=O)[C@H]1C[C@H](N)[C@@H](O)C1. The van der Waals surface area contributed by atoms with Crippen molar-refractivity contribution in [1.29, 1.82) is 0 Å². The molecule has 4 N–H and O–H groups in total. The van der Waals surface area contributed by atoms with Crippen LogP contribution in [0.5, 0.6) is 0 Å². The summed E-state index contributed by atoms with van der Waals surface area (Å²) in [5, 5.41) is 9.66. The van der Waals surface area contributed by atoms with Crippen molar-refractivity contribution < 1.29 is 14.3 Å². The first-order chi connectivity index (χ1) is 10.4. The van der Waals surface area contributed by atoms with E-state index >= 15 is 0 Å². The van der Waals surface area contributed by atoms with E-state index in [1.54, 1.807) is 18.0 Å². The van der Waals surface area contributed by atoms with Crippen LogP contribution in [0.25, 0.3) is 11.0 Å². The Hall–Kier alpha value is -1.99. The zero-order valence-corrected chi connectivity index (χ0v) is 12.3. The molecule has 1 aliphatic rings. The number of carbonyl (C=O) groups excluding carboxylic acids is 1. The highest BCUT2D eigenvalue weighted by Gasteiger charge is 2.36. The summed E-state index contributed by atoms with van der Waals surface area (Å²) in [6.45, 7) is 0.303. The number of halogens is 1. The lowest BCUT2D eigenvalue weighted by molar-refractivity contribution is -0.134. The number of amides is 1. The van der Waals surface area contributed by atoms with E-state index in [4.69, 9.17) is 5.73 Å². The van der Waals surface area contributed by atoms with Crippen LogP contribution in [0.2, 0.25) is 0 Å². The minimum atomic E-state index is -0.614. The number of aliphatic hydroxyl groups is 1. The van der Waals surface area contributed by atoms with Crippen LogP contribution in [0.15, 0.2) is 18.2 Å². The predicted octanol–water partition coefficient (Wildman–Crippen LogP) is 0.759. The van der Waals surface area contributed by atoms with E-state index in [0.29, 0.717) is 36.2 Å². The molecule has 1 fully saturated rings. The highest BCUT2D eigenvalue weighted by atomic mass is 19.1. The van der Waals surface area contributed by atoms with E-state index in [0.717, 1.165) is 0 Å². The maximum atomic E-state index is 13.2. The largest absolute Gasteiger partial charge is 0.391 e. The smallest absolute Gasteiger partial charge is 0.225 e. The molecule has 1 aromatic carbocycles. The number of imidazole rings is 1. The fourth-order valence-corrected chi connectivity index (χ4v) is 2.97. The lowest BCUT2D eigenvalue weighted by atomic mass is 10.1. The Morgan fingerprint density at radius 3 is 3.00 bits per heavy atom. The number of carbonyl (C=O) groups is 1. The van der Waals surface area contributed by atoms with Gasteiger partial charge in [0.15, 0.2) is 0 Å². The van der Waals surface area contributed by atoms with Crippen LogP contribution in [-0.4, -0.2) is 45.1 Å². The second kappa shape index (κ2) is 5.66. The van der Waals surface area contributed by atoms with Gasteiger partial charge in [-0.2, -0.15) is 0 Å². The molecule has 118 valence electrons. The molecule has 0 radical (unpaired) electrons. The molecule has 22 heavy (non-hydrogen) atoms. The number of H-pyrrole nitrogens is 1. The fraction of sp³-hybridized carbons (Fsp3) is 0.467. The molecule has 3 rings (SSSR count). The summed E-state index contributed by atoms with van der Waals surface area (Å²) in [6, 6.07) is 3.98. The first-order valence-corrected chi connectivity index (χ1v) is 7.27. The lowest BCUT2D eigenvalue weighted by Gasteiger charge is -2.19. The molecule has 3 atom stereocenters. The van der Waals surface area contributed by atoms with Gasteiger partial charge >= 0.3 is 0 Å². The molecule has 1 heterocycles. The number of aromatic nitrogens is 2. The Kier molecular flexibility index (Phi) is 3.84. The quantitative estimate of drug-likeness (QED) is 0.780. The Labute approximate surface area is 127 Å². The third kappa shape index (κ3) is 2.82. The predicted molar refractivity (Wildman–Crippen MR) is 79.2 cm³/mol. The number of benzene rings is 1. The summed E-state index contributed by atoms with van der Waals surface area (Å²) in [6.07, 6.45) is 0.280. The average molecular weight is 306 g/mol. The van der Waals surface area contributed by atoms with Crippen molar-refractivity contribution in [2.45, 2.75) is 31.5 Å². The van der Waals surface area contributed by atoms with Crippen LogP contribution in [-0.2, 0) is 11.3 Å². The lowest BCUT2D eigenvalue weighted by Crippen LogP contribution is -2.32. The van der Waals surface area contributed by atoms with E-state index in [1.807, 2.05) is 0 Å². The van der Waals surface area contributed by atoms with E-state index < -0.39 is 6.10 Å². The van der Waals surface area contributed by atoms with E-state index in [-0.39, 0.29) is 23.7 Å². The van der Waals surface area contributed by atoms with Crippen LogP contribution < -0.4 is 5.73 Å². The van der Waals surface area contributed by atoms with E-state index in [1.165, 1.54) is 12.1 Å². The summed E-state index contributed by atoms with van der Waals surface area (Å²) < 4.78 is 13.2. The number of hydrogen-bond donors (Lipinski definition) is 3. The molecule has 1 aliphatic carbocycles. The standard InChI is InChI=1S/C15H19FN4O2/c1-20(15(22)8-4-10(17)13(21)5-8)7-14-18-11-3-2-9(16)6-12(11)19-14/h2-3,6,8,10,13,21H,4-5,7,17H2,1H3,(H,18,19)/t8-,10-,13-/m0/s1. The van der Waals surface area contributed by atoms with Gasteiger partial charge in [-0.25, -0.2) is 9.37 Å². The number of fused-ring (bicyclic) bond motifs is 1. The Balaban J connectivity index is 1.70. The molecule has 0 saturated heterocycles. The number of hydrogen-bond acceptors (Lipinski definition) is 4. The first-order valence-electron chi connectivity index (χ1n) is 7.27. The topological polar surface area (TPSA) is 95.2 Å². The normalized spacial score (nSPS) is 24.8. The second-order valence-electron chi connectivity index (χ2n) is 5.94.